The third-order valence-corrected chi connectivity index (χ3v) is 5.59. The molecule has 1 heterocycles. The quantitative estimate of drug-likeness (QED) is 0.0883. The van der Waals surface area contributed by atoms with E-state index in [-0.39, 0.29) is 0 Å². The van der Waals surface area contributed by atoms with Crippen LogP contribution in [0, 0.1) is 0 Å². The summed E-state index contributed by atoms with van der Waals surface area (Å²) < 4.78 is 3.46. The first-order valence-corrected chi connectivity index (χ1v) is 9.30. The first-order valence-electron chi connectivity index (χ1n) is 6.81. The topological polar surface area (TPSA) is 188 Å². The highest BCUT2D eigenvalue weighted by Crippen LogP contribution is 2.25. The fraction of sp³-hybridized carbons (Fsp3) is 0.917. The van der Waals surface area contributed by atoms with Crippen LogP contribution in [0.2, 0.25) is 0 Å². The van der Waals surface area contributed by atoms with E-state index in [0.717, 1.165) is 0 Å². The highest BCUT2D eigenvalue weighted by molar-refractivity contribution is 14.1. The van der Waals surface area contributed by atoms with Crippen molar-refractivity contribution >= 4 is 51.5 Å². The molecule has 8 N–H and O–H groups in total. The number of carbonyl (C=O) groups excluding carboxylic acids is 1. The lowest BCUT2D eigenvalue weighted by Gasteiger charge is -2.37. The summed E-state index contributed by atoms with van der Waals surface area (Å²) in [7, 11) is 0. The van der Waals surface area contributed by atoms with E-state index >= 15 is 0 Å². The fourth-order valence-electron chi connectivity index (χ4n) is 1.67. The van der Waals surface area contributed by atoms with Crippen molar-refractivity contribution in [2.24, 2.45) is 0 Å². The molecule has 0 radical (unpaired) electrons. The SMILES string of the molecule is O=C[C@@H](I)[C@@H](O)[C@@H](O)[C@H](O)CO.OC[C@H]1OC(O)[C@@H](I)[C@@H](O)[C@H]1O. The van der Waals surface area contributed by atoms with Crippen molar-refractivity contribution in [1.29, 1.82) is 0 Å². The van der Waals surface area contributed by atoms with E-state index < -0.39 is 64.0 Å². The number of hydrogen-bond donors (Lipinski definition) is 8. The number of halogens is 2. The second-order valence-electron chi connectivity index (χ2n) is 4.98. The summed E-state index contributed by atoms with van der Waals surface area (Å²) in [5.74, 6) is 0. The van der Waals surface area contributed by atoms with Crippen LogP contribution in [0.1, 0.15) is 0 Å². The standard InChI is InChI=1S/2C6H11IO5/c7-3-5(10)4(9)2(1-8)12-6(3)11;7-3(1-8)5(11)6(12)4(10)2-9/h2-6,8-11H,1H2;1,3-6,9-12H,2H2/t2-,3+,4+,5-,6?;3-,4-,5-,6+/m11/s1. The van der Waals surface area contributed by atoms with Crippen molar-refractivity contribution in [2.45, 2.75) is 50.8 Å². The number of carbonyl (C=O) groups is 1. The first-order chi connectivity index (χ1) is 11.1. The lowest BCUT2D eigenvalue weighted by Crippen LogP contribution is -2.56. The molecule has 10 nitrogen and oxygen atoms in total. The number of aliphatic hydroxyl groups excluding tert-OH is 8. The van der Waals surface area contributed by atoms with Gasteiger partial charge in [-0.25, -0.2) is 0 Å². The molecule has 9 atom stereocenters. The highest BCUT2D eigenvalue weighted by Gasteiger charge is 2.42. The normalized spacial score (nSPS) is 35.2. The van der Waals surface area contributed by atoms with Crippen molar-refractivity contribution in [3.8, 4) is 0 Å². The molecule has 0 amide bonds. The van der Waals surface area contributed by atoms with Gasteiger partial charge >= 0.3 is 0 Å². The van der Waals surface area contributed by atoms with Gasteiger partial charge in [0.15, 0.2) is 6.29 Å². The van der Waals surface area contributed by atoms with Crippen molar-refractivity contribution in [3.05, 3.63) is 0 Å². The smallest absolute Gasteiger partial charge is 0.169 e. The van der Waals surface area contributed by atoms with E-state index in [4.69, 9.17) is 35.4 Å². The maximum atomic E-state index is 10.1. The van der Waals surface area contributed by atoms with E-state index in [1.807, 2.05) is 0 Å². The van der Waals surface area contributed by atoms with E-state index in [1.165, 1.54) is 0 Å². The zero-order chi connectivity index (χ0) is 19.0. The number of alkyl halides is 2. The van der Waals surface area contributed by atoms with Crippen molar-refractivity contribution < 1.29 is 50.4 Å². The summed E-state index contributed by atoms with van der Waals surface area (Å²) in [6.07, 6.45) is -8.06. The molecule has 1 unspecified atom stereocenters. The highest BCUT2D eigenvalue weighted by atomic mass is 127. The Morgan fingerprint density at radius 2 is 1.58 bits per heavy atom. The molecular weight excluding hydrogens is 558 g/mol. The summed E-state index contributed by atoms with van der Waals surface area (Å²) >= 11 is 3.41. The number of ether oxygens (including phenoxy) is 1. The number of aliphatic hydroxyl groups is 8. The van der Waals surface area contributed by atoms with Crippen LogP contribution in [0.15, 0.2) is 0 Å². The fourth-order valence-corrected chi connectivity index (χ4v) is 2.69. The maximum absolute atomic E-state index is 10.1. The van der Waals surface area contributed by atoms with Crippen molar-refractivity contribution in [1.82, 2.24) is 0 Å². The third kappa shape index (κ3) is 7.18. The van der Waals surface area contributed by atoms with Crippen LogP contribution in [0.3, 0.4) is 0 Å². The minimum Gasteiger partial charge on any atom is -0.394 e. The summed E-state index contributed by atoms with van der Waals surface area (Å²) in [6, 6.07) is 0. The zero-order valence-electron chi connectivity index (χ0n) is 12.3. The van der Waals surface area contributed by atoms with Gasteiger partial charge < -0.3 is 50.4 Å². The first kappa shape index (κ1) is 24.8. The predicted molar refractivity (Wildman–Crippen MR) is 96.8 cm³/mol. The van der Waals surface area contributed by atoms with Gasteiger partial charge in [-0.1, -0.05) is 45.2 Å². The molecule has 12 heteroatoms. The van der Waals surface area contributed by atoms with Crippen LogP contribution in [0.25, 0.3) is 0 Å². The maximum Gasteiger partial charge on any atom is 0.169 e. The van der Waals surface area contributed by atoms with Gasteiger partial charge in [-0.2, -0.15) is 0 Å². The number of hydrogen-bond acceptors (Lipinski definition) is 10. The molecule has 1 saturated heterocycles. The molecule has 0 aromatic carbocycles. The van der Waals surface area contributed by atoms with Crippen LogP contribution in [0.4, 0.5) is 0 Å². The van der Waals surface area contributed by atoms with Gasteiger partial charge in [0.05, 0.1) is 27.2 Å². The summed E-state index contributed by atoms with van der Waals surface area (Å²) in [5.41, 5.74) is 0. The third-order valence-electron chi connectivity index (χ3n) is 3.21. The van der Waals surface area contributed by atoms with Gasteiger partial charge in [-0.15, -0.1) is 0 Å². The summed E-state index contributed by atoms with van der Waals surface area (Å²) in [4.78, 5) is 10.1. The van der Waals surface area contributed by atoms with Crippen LogP contribution in [-0.2, 0) is 9.53 Å². The Labute approximate surface area is 165 Å². The zero-order valence-corrected chi connectivity index (χ0v) is 16.7. The van der Waals surface area contributed by atoms with Crippen LogP contribution < -0.4 is 0 Å². The average Bonchev–Trinajstić information content (AvgIpc) is 2.60. The molecule has 0 aromatic rings. The molecule has 1 rings (SSSR count). The van der Waals surface area contributed by atoms with Gasteiger partial charge in [0.2, 0.25) is 0 Å². The second kappa shape index (κ2) is 12.2. The van der Waals surface area contributed by atoms with Gasteiger partial charge in [0, 0.05) is 0 Å². The van der Waals surface area contributed by atoms with Crippen LogP contribution in [0.5, 0.6) is 0 Å². The van der Waals surface area contributed by atoms with E-state index in [9.17, 15) is 15.0 Å². The molecule has 24 heavy (non-hydrogen) atoms. The minimum absolute atomic E-state index is 0.418. The lowest BCUT2D eigenvalue weighted by atomic mass is 10.0. The Bertz CT molecular complexity index is 358. The Morgan fingerprint density at radius 3 is 2.00 bits per heavy atom. The van der Waals surface area contributed by atoms with Gasteiger partial charge in [0.1, 0.15) is 36.8 Å². The largest absolute Gasteiger partial charge is 0.394 e. The Balaban J connectivity index is 0.000000441. The molecule has 1 aliphatic heterocycles. The second-order valence-corrected chi connectivity index (χ2v) is 7.86. The van der Waals surface area contributed by atoms with Crippen molar-refractivity contribution in [3.63, 3.8) is 0 Å². The molecule has 0 aromatic heterocycles. The van der Waals surface area contributed by atoms with E-state index in [0.29, 0.717) is 6.29 Å². The van der Waals surface area contributed by atoms with Crippen LogP contribution >= 0.6 is 45.2 Å². The molecule has 0 saturated carbocycles. The molecule has 0 spiro atoms. The average molecular weight is 580 g/mol. The summed E-state index contributed by atoms with van der Waals surface area (Å²) in [5, 5.41) is 71.9. The number of rotatable bonds is 6. The molecule has 144 valence electrons. The molecular formula is C12H22I2O10. The molecule has 1 aliphatic rings. The number of aldehydes is 1. The van der Waals surface area contributed by atoms with Crippen LogP contribution in [-0.4, -0.2) is 111 Å². The van der Waals surface area contributed by atoms with Crippen molar-refractivity contribution in [2.75, 3.05) is 13.2 Å². The van der Waals surface area contributed by atoms with Gasteiger partial charge in [-0.3, -0.25) is 0 Å². The van der Waals surface area contributed by atoms with Gasteiger partial charge in [0.25, 0.3) is 0 Å². The predicted octanol–water partition coefficient (Wildman–Crippen LogP) is -3.71. The lowest BCUT2D eigenvalue weighted by molar-refractivity contribution is -0.231. The molecule has 1 fully saturated rings. The molecule has 0 bridgehead atoms. The monoisotopic (exact) mass is 580 g/mol. The minimum atomic E-state index is -1.50. The van der Waals surface area contributed by atoms with Gasteiger partial charge in [-0.05, 0) is 0 Å². The van der Waals surface area contributed by atoms with E-state index in [1.54, 1.807) is 45.2 Å². The Morgan fingerprint density at radius 1 is 1.04 bits per heavy atom. The van der Waals surface area contributed by atoms with E-state index in [2.05, 4.69) is 0 Å². The summed E-state index contributed by atoms with van der Waals surface area (Å²) in [6.45, 7) is -1.07. The Kier molecular flexibility index (Phi) is 12.6. The molecule has 0 aliphatic carbocycles. The Hall–Kier alpha value is 0.770.